The maximum absolute atomic E-state index is 11.9. The number of carbonyl (C=O) groups excluding carboxylic acids is 2. The van der Waals surface area contributed by atoms with Gasteiger partial charge in [-0.1, -0.05) is 0 Å². The molecule has 0 spiro atoms. The van der Waals surface area contributed by atoms with Crippen molar-refractivity contribution in [3.63, 3.8) is 0 Å². The van der Waals surface area contributed by atoms with Crippen LogP contribution in [0.25, 0.3) is 0 Å². The molecular formula is C13H9N3O5S. The Kier molecular flexibility index (Phi) is 4.59. The van der Waals surface area contributed by atoms with Crippen molar-refractivity contribution in [3.05, 3.63) is 64.1 Å². The highest BCUT2D eigenvalue weighted by Gasteiger charge is 2.14. The van der Waals surface area contributed by atoms with E-state index in [-0.39, 0.29) is 22.1 Å². The lowest BCUT2D eigenvalue weighted by Gasteiger charge is -2.07. The van der Waals surface area contributed by atoms with Crippen molar-refractivity contribution < 1.29 is 18.9 Å². The van der Waals surface area contributed by atoms with Crippen molar-refractivity contribution in [2.24, 2.45) is 0 Å². The topological polar surface area (TPSA) is 114 Å². The van der Waals surface area contributed by atoms with Gasteiger partial charge in [-0.05, 0) is 36.5 Å². The number of thiocarbonyl (C=S) groups is 1. The zero-order chi connectivity index (χ0) is 16.1. The highest BCUT2D eigenvalue weighted by atomic mass is 32.1. The Hall–Kier alpha value is -3.07. The fraction of sp³-hybridized carbons (Fsp3) is 0. The van der Waals surface area contributed by atoms with Crippen molar-refractivity contribution in [2.75, 3.05) is 0 Å². The van der Waals surface area contributed by atoms with Crippen LogP contribution in [0.4, 0.5) is 5.69 Å². The van der Waals surface area contributed by atoms with Gasteiger partial charge < -0.3 is 4.42 Å². The zero-order valence-corrected chi connectivity index (χ0v) is 11.8. The molecule has 1 aromatic heterocycles. The number of nitrogens with zero attached hydrogens (tertiary/aromatic N) is 1. The van der Waals surface area contributed by atoms with E-state index in [1.807, 2.05) is 0 Å². The average Bonchev–Trinajstić information content (AvgIpc) is 3.01. The quantitative estimate of drug-likeness (QED) is 0.505. The molecule has 8 nitrogen and oxygen atoms in total. The minimum absolute atomic E-state index is 0.0481. The Labute approximate surface area is 129 Å². The van der Waals surface area contributed by atoms with Crippen LogP contribution in [0.2, 0.25) is 0 Å². The first-order valence-corrected chi connectivity index (χ1v) is 6.33. The van der Waals surface area contributed by atoms with E-state index in [1.165, 1.54) is 42.7 Å². The number of amides is 2. The van der Waals surface area contributed by atoms with Crippen molar-refractivity contribution in [1.29, 1.82) is 0 Å². The lowest BCUT2D eigenvalue weighted by atomic mass is 10.2. The Bertz CT molecular complexity index is 725. The van der Waals surface area contributed by atoms with Gasteiger partial charge in [0.25, 0.3) is 17.5 Å². The summed E-state index contributed by atoms with van der Waals surface area (Å²) in [6.07, 6.45) is 1.33. The number of carbonyl (C=O) groups is 2. The molecule has 9 heteroatoms. The molecule has 0 aliphatic carbocycles. The number of non-ortho nitro benzene ring substituents is 1. The number of furan rings is 1. The lowest BCUT2D eigenvalue weighted by molar-refractivity contribution is -0.384. The van der Waals surface area contributed by atoms with Gasteiger partial charge in [-0.15, -0.1) is 0 Å². The first-order chi connectivity index (χ1) is 10.5. The monoisotopic (exact) mass is 319 g/mol. The molecule has 2 N–H and O–H groups in total. The highest BCUT2D eigenvalue weighted by molar-refractivity contribution is 7.80. The van der Waals surface area contributed by atoms with Gasteiger partial charge >= 0.3 is 0 Å². The van der Waals surface area contributed by atoms with Crippen LogP contribution in [0, 0.1) is 10.1 Å². The molecule has 0 fully saturated rings. The first kappa shape index (κ1) is 15.3. The number of hydrogen-bond donors (Lipinski definition) is 2. The largest absolute Gasteiger partial charge is 0.459 e. The van der Waals surface area contributed by atoms with Crippen molar-refractivity contribution >= 4 is 34.8 Å². The van der Waals surface area contributed by atoms with Gasteiger partial charge in [-0.3, -0.25) is 30.3 Å². The standard InChI is InChI=1S/C13H9N3O5S/c17-11(8-3-5-9(6-4-8)16(19)20)14-13(22)15-12(18)10-2-1-7-21-10/h1-7H,(H2,14,15,17,18,22). The Morgan fingerprint density at radius 3 is 2.27 bits per heavy atom. The number of benzene rings is 1. The summed E-state index contributed by atoms with van der Waals surface area (Å²) in [4.78, 5) is 33.4. The molecule has 0 saturated carbocycles. The first-order valence-electron chi connectivity index (χ1n) is 5.92. The molecule has 0 radical (unpaired) electrons. The van der Waals surface area contributed by atoms with Gasteiger partial charge in [0, 0.05) is 17.7 Å². The van der Waals surface area contributed by atoms with Crippen molar-refractivity contribution in [1.82, 2.24) is 10.6 Å². The maximum Gasteiger partial charge on any atom is 0.293 e. The third-order valence-electron chi connectivity index (χ3n) is 2.54. The second kappa shape index (κ2) is 6.59. The van der Waals surface area contributed by atoms with Crippen LogP contribution in [-0.2, 0) is 0 Å². The summed E-state index contributed by atoms with van der Waals surface area (Å²) < 4.78 is 4.87. The predicted molar refractivity (Wildman–Crippen MR) is 79.3 cm³/mol. The van der Waals surface area contributed by atoms with Gasteiger partial charge in [0.1, 0.15) is 0 Å². The van der Waals surface area contributed by atoms with Gasteiger partial charge in [0.15, 0.2) is 10.9 Å². The molecule has 2 rings (SSSR count). The second-order valence-corrected chi connectivity index (χ2v) is 4.43. The van der Waals surface area contributed by atoms with Crippen LogP contribution in [0.3, 0.4) is 0 Å². The maximum atomic E-state index is 11.9. The average molecular weight is 319 g/mol. The smallest absolute Gasteiger partial charge is 0.293 e. The molecule has 0 aliphatic heterocycles. The summed E-state index contributed by atoms with van der Waals surface area (Å²) in [6, 6.07) is 7.93. The van der Waals surface area contributed by atoms with Crippen molar-refractivity contribution in [3.8, 4) is 0 Å². The van der Waals surface area contributed by atoms with E-state index >= 15 is 0 Å². The summed E-state index contributed by atoms with van der Waals surface area (Å²) in [6.45, 7) is 0. The molecular weight excluding hydrogens is 310 g/mol. The summed E-state index contributed by atoms with van der Waals surface area (Å²) in [5.74, 6) is -1.15. The number of rotatable bonds is 3. The van der Waals surface area contributed by atoms with Crippen LogP contribution in [0.15, 0.2) is 47.1 Å². The summed E-state index contributed by atoms with van der Waals surface area (Å²) in [7, 11) is 0. The SMILES string of the molecule is O=C(NC(=S)NC(=O)c1ccco1)c1ccc([N+](=O)[O-])cc1. The predicted octanol–water partition coefficient (Wildman–Crippen LogP) is 1.63. The van der Waals surface area contributed by atoms with Crippen LogP contribution in [-0.4, -0.2) is 21.9 Å². The van der Waals surface area contributed by atoms with E-state index in [9.17, 15) is 19.7 Å². The third kappa shape index (κ3) is 3.73. The molecule has 0 unspecified atom stereocenters. The number of nitro groups is 1. The Morgan fingerprint density at radius 2 is 1.73 bits per heavy atom. The molecule has 22 heavy (non-hydrogen) atoms. The summed E-state index contributed by atoms with van der Waals surface area (Å²) in [5.41, 5.74) is 0.0328. The fourth-order valence-corrected chi connectivity index (χ4v) is 1.70. The van der Waals surface area contributed by atoms with E-state index in [2.05, 4.69) is 10.6 Å². The van der Waals surface area contributed by atoms with Crippen molar-refractivity contribution in [2.45, 2.75) is 0 Å². The van der Waals surface area contributed by atoms with E-state index in [4.69, 9.17) is 16.6 Å². The van der Waals surface area contributed by atoms with Crippen LogP contribution < -0.4 is 10.6 Å². The van der Waals surface area contributed by atoms with Gasteiger partial charge in [-0.25, -0.2) is 0 Å². The van der Waals surface area contributed by atoms with Crippen LogP contribution in [0.5, 0.6) is 0 Å². The zero-order valence-electron chi connectivity index (χ0n) is 10.9. The van der Waals surface area contributed by atoms with Gasteiger partial charge in [-0.2, -0.15) is 0 Å². The number of nitrogens with one attached hydrogen (secondary N) is 2. The van der Waals surface area contributed by atoms with Crippen LogP contribution >= 0.6 is 12.2 Å². The molecule has 0 bridgehead atoms. The van der Waals surface area contributed by atoms with E-state index in [1.54, 1.807) is 0 Å². The molecule has 2 amide bonds. The fourth-order valence-electron chi connectivity index (χ4n) is 1.51. The molecule has 0 aliphatic rings. The molecule has 112 valence electrons. The number of nitro benzene ring substituents is 1. The summed E-state index contributed by atoms with van der Waals surface area (Å²) in [5, 5.41) is 14.9. The minimum Gasteiger partial charge on any atom is -0.459 e. The molecule has 2 aromatic rings. The van der Waals surface area contributed by atoms with Gasteiger partial charge in [0.05, 0.1) is 11.2 Å². The molecule has 1 heterocycles. The highest BCUT2D eigenvalue weighted by Crippen LogP contribution is 2.11. The second-order valence-electron chi connectivity index (χ2n) is 4.02. The van der Waals surface area contributed by atoms with Gasteiger partial charge in [0.2, 0.25) is 0 Å². The Balaban J connectivity index is 1.95. The normalized spacial score (nSPS) is 9.82. The minimum atomic E-state index is -0.598. The third-order valence-corrected chi connectivity index (χ3v) is 2.74. The van der Waals surface area contributed by atoms with E-state index in [0.717, 1.165) is 0 Å². The number of hydrogen-bond acceptors (Lipinski definition) is 6. The van der Waals surface area contributed by atoms with E-state index < -0.39 is 16.7 Å². The molecule has 1 aromatic carbocycles. The molecule has 0 saturated heterocycles. The van der Waals surface area contributed by atoms with Crippen LogP contribution in [0.1, 0.15) is 20.9 Å². The lowest BCUT2D eigenvalue weighted by Crippen LogP contribution is -2.42. The molecule has 0 atom stereocenters. The van der Waals surface area contributed by atoms with E-state index in [0.29, 0.717) is 0 Å². The summed E-state index contributed by atoms with van der Waals surface area (Å²) >= 11 is 4.83. The Morgan fingerprint density at radius 1 is 1.09 bits per heavy atom.